The minimum atomic E-state index is -0.0139. The Kier molecular flexibility index (Phi) is 5.86. The van der Waals surface area contributed by atoms with Crippen LogP contribution in [0.4, 0.5) is 5.82 Å². The quantitative estimate of drug-likeness (QED) is 0.607. The zero-order valence-electron chi connectivity index (χ0n) is 18.8. The van der Waals surface area contributed by atoms with Crippen LogP contribution in [0.25, 0.3) is 0 Å². The Morgan fingerprint density at radius 3 is 2.73 bits per heavy atom. The molecule has 33 heavy (non-hydrogen) atoms. The first kappa shape index (κ1) is 21.2. The van der Waals surface area contributed by atoms with Gasteiger partial charge in [-0.15, -0.1) is 0 Å². The number of carbonyl (C=O) groups excluding carboxylic acids is 2. The summed E-state index contributed by atoms with van der Waals surface area (Å²) in [6.45, 7) is 3.84. The normalized spacial score (nSPS) is 17.8. The summed E-state index contributed by atoms with van der Waals surface area (Å²) < 4.78 is 0. The summed E-state index contributed by atoms with van der Waals surface area (Å²) >= 11 is 0. The van der Waals surface area contributed by atoms with Crippen molar-refractivity contribution in [1.82, 2.24) is 19.9 Å². The zero-order valence-corrected chi connectivity index (χ0v) is 18.8. The molecule has 2 aromatic heterocycles. The highest BCUT2D eigenvalue weighted by Crippen LogP contribution is 2.32. The van der Waals surface area contributed by atoms with Crippen molar-refractivity contribution < 1.29 is 9.59 Å². The molecular formula is C26H27N5O2. The summed E-state index contributed by atoms with van der Waals surface area (Å²) in [7, 11) is 0. The van der Waals surface area contributed by atoms with Crippen LogP contribution in [0.15, 0.2) is 54.9 Å². The van der Waals surface area contributed by atoms with Gasteiger partial charge in [0, 0.05) is 55.6 Å². The van der Waals surface area contributed by atoms with E-state index >= 15 is 0 Å². The van der Waals surface area contributed by atoms with Gasteiger partial charge in [0.25, 0.3) is 5.91 Å². The molecule has 0 radical (unpaired) electrons. The van der Waals surface area contributed by atoms with Crippen molar-refractivity contribution in [2.24, 2.45) is 0 Å². The van der Waals surface area contributed by atoms with Crippen LogP contribution < -0.4 is 4.90 Å². The molecule has 1 atom stereocenters. The predicted octanol–water partition coefficient (Wildman–Crippen LogP) is 3.33. The lowest BCUT2D eigenvalue weighted by atomic mass is 10.0. The molecule has 1 fully saturated rings. The summed E-state index contributed by atoms with van der Waals surface area (Å²) in [6.07, 6.45) is 6.02. The maximum absolute atomic E-state index is 12.8. The SMILES string of the molecule is Cc1nc([C@@H]2CCN(C(=O)c3cccnc3)C2)nc2c1CCC(=O)N2CCc1ccccc1. The molecular weight excluding hydrogens is 414 g/mol. The Hall–Kier alpha value is -3.61. The third-order valence-electron chi connectivity index (χ3n) is 6.57. The number of hydrogen-bond acceptors (Lipinski definition) is 5. The molecule has 0 bridgehead atoms. The molecule has 7 nitrogen and oxygen atoms in total. The fraction of sp³-hybridized carbons (Fsp3) is 0.346. The molecule has 0 N–H and O–H groups in total. The van der Waals surface area contributed by atoms with Gasteiger partial charge in [0.1, 0.15) is 11.6 Å². The number of aryl methyl sites for hydroxylation is 1. The highest BCUT2D eigenvalue weighted by Gasteiger charge is 2.33. The Balaban J connectivity index is 1.37. The van der Waals surface area contributed by atoms with Gasteiger partial charge in [-0.05, 0) is 43.9 Å². The molecule has 7 heteroatoms. The van der Waals surface area contributed by atoms with Gasteiger partial charge in [-0.25, -0.2) is 9.97 Å². The predicted molar refractivity (Wildman–Crippen MR) is 125 cm³/mol. The van der Waals surface area contributed by atoms with Crippen molar-refractivity contribution in [3.8, 4) is 0 Å². The van der Waals surface area contributed by atoms with E-state index in [1.165, 1.54) is 5.56 Å². The standard InChI is InChI=1S/C26H27N5O2/c1-18-22-9-10-23(32)31(15-11-19-6-3-2-4-7-19)25(22)29-24(28-18)21-12-14-30(17-21)26(33)20-8-5-13-27-16-20/h2-8,13,16,21H,9-12,14-15,17H2,1H3/t21-/m1/s1. The third kappa shape index (κ3) is 4.35. The average Bonchev–Trinajstić information content (AvgIpc) is 3.34. The number of nitrogens with zero attached hydrogens (tertiary/aromatic N) is 5. The van der Waals surface area contributed by atoms with Crippen LogP contribution in [0, 0.1) is 6.92 Å². The number of amides is 2. The fourth-order valence-corrected chi connectivity index (χ4v) is 4.73. The molecule has 168 valence electrons. The molecule has 2 aliphatic heterocycles. The van der Waals surface area contributed by atoms with E-state index in [0.29, 0.717) is 38.0 Å². The number of rotatable bonds is 5. The van der Waals surface area contributed by atoms with Gasteiger partial charge < -0.3 is 4.90 Å². The molecule has 2 aliphatic rings. The average molecular weight is 442 g/mol. The summed E-state index contributed by atoms with van der Waals surface area (Å²) in [5.41, 5.74) is 3.79. The molecule has 1 saturated heterocycles. The monoisotopic (exact) mass is 441 g/mol. The Morgan fingerprint density at radius 2 is 1.94 bits per heavy atom. The number of likely N-dealkylation sites (tertiary alicyclic amines) is 1. The van der Waals surface area contributed by atoms with Crippen molar-refractivity contribution in [1.29, 1.82) is 0 Å². The maximum atomic E-state index is 12.8. The fourth-order valence-electron chi connectivity index (χ4n) is 4.73. The van der Waals surface area contributed by atoms with Crippen molar-refractivity contribution >= 4 is 17.6 Å². The lowest BCUT2D eigenvalue weighted by molar-refractivity contribution is -0.118. The van der Waals surface area contributed by atoms with E-state index in [4.69, 9.17) is 9.97 Å². The van der Waals surface area contributed by atoms with Crippen molar-refractivity contribution in [2.45, 2.75) is 38.5 Å². The molecule has 0 spiro atoms. The number of pyridine rings is 1. The van der Waals surface area contributed by atoms with Crippen LogP contribution in [0.2, 0.25) is 0 Å². The first-order valence-corrected chi connectivity index (χ1v) is 11.5. The van der Waals surface area contributed by atoms with Gasteiger partial charge in [-0.2, -0.15) is 0 Å². The van der Waals surface area contributed by atoms with Gasteiger partial charge in [-0.1, -0.05) is 30.3 Å². The first-order chi connectivity index (χ1) is 16.1. The van der Waals surface area contributed by atoms with Crippen LogP contribution in [0.1, 0.15) is 51.8 Å². The zero-order chi connectivity index (χ0) is 22.8. The van der Waals surface area contributed by atoms with Gasteiger partial charge in [0.05, 0.1) is 5.56 Å². The summed E-state index contributed by atoms with van der Waals surface area (Å²) in [5.74, 6) is 1.64. The molecule has 0 aliphatic carbocycles. The first-order valence-electron chi connectivity index (χ1n) is 11.5. The van der Waals surface area contributed by atoms with Crippen molar-refractivity contribution in [3.05, 3.63) is 83.1 Å². The number of benzene rings is 1. The van der Waals surface area contributed by atoms with E-state index in [1.54, 1.807) is 24.5 Å². The van der Waals surface area contributed by atoms with Gasteiger partial charge in [0.2, 0.25) is 5.91 Å². The summed E-state index contributed by atoms with van der Waals surface area (Å²) in [4.78, 5) is 43.1. The van der Waals surface area contributed by atoms with Crippen molar-refractivity contribution in [2.75, 3.05) is 24.5 Å². The summed E-state index contributed by atoms with van der Waals surface area (Å²) in [6, 6.07) is 13.8. The second kappa shape index (κ2) is 9.10. The van der Waals surface area contributed by atoms with Crippen molar-refractivity contribution in [3.63, 3.8) is 0 Å². The highest BCUT2D eigenvalue weighted by atomic mass is 16.2. The van der Waals surface area contributed by atoms with E-state index in [9.17, 15) is 9.59 Å². The van der Waals surface area contributed by atoms with E-state index < -0.39 is 0 Å². The lowest BCUT2D eigenvalue weighted by Crippen LogP contribution is -2.38. The third-order valence-corrected chi connectivity index (χ3v) is 6.57. The van der Waals surface area contributed by atoms with Crippen LogP contribution in [0.5, 0.6) is 0 Å². The molecule has 4 heterocycles. The molecule has 0 saturated carbocycles. The molecule has 2 amide bonds. The van der Waals surface area contributed by atoms with Crippen LogP contribution >= 0.6 is 0 Å². The number of anilines is 1. The number of carbonyl (C=O) groups is 2. The number of fused-ring (bicyclic) bond motifs is 1. The molecule has 3 aromatic rings. The minimum absolute atomic E-state index is 0.0139. The Labute approximate surface area is 193 Å². The topological polar surface area (TPSA) is 79.3 Å². The van der Waals surface area contributed by atoms with Gasteiger partial charge in [0.15, 0.2) is 0 Å². The van der Waals surface area contributed by atoms with Crippen LogP contribution in [-0.2, 0) is 17.6 Å². The van der Waals surface area contributed by atoms with Gasteiger partial charge >= 0.3 is 0 Å². The highest BCUT2D eigenvalue weighted by molar-refractivity contribution is 5.95. The van der Waals surface area contributed by atoms with E-state index in [1.807, 2.05) is 34.9 Å². The number of hydrogen-bond donors (Lipinski definition) is 0. The van der Waals surface area contributed by atoms with Crippen LogP contribution in [0.3, 0.4) is 0 Å². The van der Waals surface area contributed by atoms with E-state index in [0.717, 1.165) is 35.7 Å². The van der Waals surface area contributed by atoms with Crippen LogP contribution in [-0.4, -0.2) is 51.3 Å². The largest absolute Gasteiger partial charge is 0.338 e. The molecule has 1 aromatic carbocycles. The van der Waals surface area contributed by atoms with E-state index in [2.05, 4.69) is 17.1 Å². The molecule has 5 rings (SSSR count). The minimum Gasteiger partial charge on any atom is -0.338 e. The second-order valence-electron chi connectivity index (χ2n) is 8.73. The van der Waals surface area contributed by atoms with Gasteiger partial charge in [-0.3, -0.25) is 19.5 Å². The lowest BCUT2D eigenvalue weighted by Gasteiger charge is -2.30. The molecule has 0 unspecified atom stereocenters. The Morgan fingerprint density at radius 1 is 1.09 bits per heavy atom. The van der Waals surface area contributed by atoms with E-state index in [-0.39, 0.29) is 17.7 Å². The maximum Gasteiger partial charge on any atom is 0.255 e. The summed E-state index contributed by atoms with van der Waals surface area (Å²) in [5, 5.41) is 0. The smallest absolute Gasteiger partial charge is 0.255 e. The number of aromatic nitrogens is 3. The second-order valence-corrected chi connectivity index (χ2v) is 8.73. The Bertz CT molecular complexity index is 1170.